The molecule has 0 spiro atoms. The highest BCUT2D eigenvalue weighted by Crippen LogP contribution is 2.24. The molecule has 6 heteroatoms. The summed E-state index contributed by atoms with van der Waals surface area (Å²) in [4.78, 5) is 28.2. The number of carbonyl (C=O) groups is 2. The largest absolute Gasteiger partial charge is 0.451 e. The van der Waals surface area contributed by atoms with E-state index in [1.807, 2.05) is 30.3 Å². The maximum atomic E-state index is 12.0. The lowest BCUT2D eigenvalue weighted by molar-refractivity contribution is -0.124. The second kappa shape index (κ2) is 8.76. The van der Waals surface area contributed by atoms with Gasteiger partial charge >= 0.3 is 5.97 Å². The van der Waals surface area contributed by atoms with Crippen LogP contribution in [-0.2, 0) is 9.53 Å². The summed E-state index contributed by atoms with van der Waals surface area (Å²) in [6.07, 6.45) is 6.11. The molecular weight excluding hydrogens is 336 g/mol. The van der Waals surface area contributed by atoms with Crippen LogP contribution in [0, 0.1) is 5.92 Å². The van der Waals surface area contributed by atoms with Gasteiger partial charge in [0.2, 0.25) is 0 Å². The van der Waals surface area contributed by atoms with Crippen molar-refractivity contribution in [1.82, 2.24) is 10.3 Å². The van der Waals surface area contributed by atoms with Crippen molar-refractivity contribution in [2.24, 2.45) is 5.92 Å². The standard InChI is InChI=1S/C19H22N2O3S/c22-17(20-11-14-7-3-1-4-8-14)12-24-19(23)16-13-25-18(21-16)15-9-5-2-6-10-15/h2,5-6,9-10,13-14H,1,3-4,7-8,11-12H2,(H,20,22). The molecule has 1 saturated carbocycles. The van der Waals surface area contributed by atoms with Gasteiger partial charge in [-0.25, -0.2) is 9.78 Å². The Kier molecular flexibility index (Phi) is 6.17. The lowest BCUT2D eigenvalue weighted by atomic mass is 9.89. The van der Waals surface area contributed by atoms with Gasteiger partial charge in [-0.05, 0) is 18.8 Å². The van der Waals surface area contributed by atoms with E-state index in [0.717, 1.165) is 10.6 Å². The predicted octanol–water partition coefficient (Wildman–Crippen LogP) is 3.66. The topological polar surface area (TPSA) is 68.3 Å². The number of benzene rings is 1. The van der Waals surface area contributed by atoms with Crippen LogP contribution in [0.2, 0.25) is 0 Å². The number of ether oxygens (including phenoxy) is 1. The van der Waals surface area contributed by atoms with Crippen molar-refractivity contribution in [2.45, 2.75) is 32.1 Å². The van der Waals surface area contributed by atoms with Crippen molar-refractivity contribution in [3.63, 3.8) is 0 Å². The lowest BCUT2D eigenvalue weighted by Crippen LogP contribution is -2.33. The minimum absolute atomic E-state index is 0.240. The average Bonchev–Trinajstić information content (AvgIpc) is 3.16. The molecule has 25 heavy (non-hydrogen) atoms. The molecule has 0 bridgehead atoms. The normalized spacial score (nSPS) is 14.9. The summed E-state index contributed by atoms with van der Waals surface area (Å²) in [5, 5.41) is 5.27. The van der Waals surface area contributed by atoms with Crippen molar-refractivity contribution in [3.05, 3.63) is 41.4 Å². The number of amides is 1. The molecule has 0 radical (unpaired) electrons. The van der Waals surface area contributed by atoms with Gasteiger partial charge in [-0.1, -0.05) is 49.6 Å². The van der Waals surface area contributed by atoms with Crippen molar-refractivity contribution in [1.29, 1.82) is 0 Å². The number of esters is 1. The third-order valence-corrected chi connectivity index (χ3v) is 5.27. The summed E-state index contributed by atoms with van der Waals surface area (Å²) in [5.41, 5.74) is 1.20. The number of hydrogen-bond donors (Lipinski definition) is 1. The van der Waals surface area contributed by atoms with E-state index < -0.39 is 5.97 Å². The van der Waals surface area contributed by atoms with Gasteiger partial charge in [0.25, 0.3) is 5.91 Å². The molecule has 3 rings (SSSR count). The van der Waals surface area contributed by atoms with Crippen LogP contribution >= 0.6 is 11.3 Å². The van der Waals surface area contributed by atoms with Crippen molar-refractivity contribution >= 4 is 23.2 Å². The Bertz CT molecular complexity index is 708. The fraction of sp³-hybridized carbons (Fsp3) is 0.421. The number of rotatable bonds is 6. The van der Waals surface area contributed by atoms with Crippen LogP contribution in [0.1, 0.15) is 42.6 Å². The third-order valence-electron chi connectivity index (χ3n) is 4.38. The molecule has 0 saturated heterocycles. The second-order valence-electron chi connectivity index (χ2n) is 6.29. The summed E-state index contributed by atoms with van der Waals surface area (Å²) in [5.74, 6) is -0.260. The first-order valence-electron chi connectivity index (χ1n) is 8.67. The van der Waals surface area contributed by atoms with Gasteiger partial charge in [-0.3, -0.25) is 4.79 Å². The molecule has 1 fully saturated rings. The van der Waals surface area contributed by atoms with E-state index in [1.54, 1.807) is 5.38 Å². The van der Waals surface area contributed by atoms with Crippen molar-refractivity contribution < 1.29 is 14.3 Å². The Morgan fingerprint density at radius 3 is 2.68 bits per heavy atom. The highest BCUT2D eigenvalue weighted by molar-refractivity contribution is 7.13. The quantitative estimate of drug-likeness (QED) is 0.800. The van der Waals surface area contributed by atoms with E-state index in [2.05, 4.69) is 10.3 Å². The zero-order chi connectivity index (χ0) is 17.5. The molecule has 1 aliphatic rings. The molecule has 5 nitrogen and oxygen atoms in total. The van der Waals surface area contributed by atoms with Crippen molar-refractivity contribution in [2.75, 3.05) is 13.2 Å². The maximum Gasteiger partial charge on any atom is 0.358 e. The number of aromatic nitrogens is 1. The van der Waals surface area contributed by atoms with E-state index in [9.17, 15) is 9.59 Å². The van der Waals surface area contributed by atoms with Crippen LogP contribution < -0.4 is 5.32 Å². The molecule has 1 aliphatic carbocycles. The van der Waals surface area contributed by atoms with E-state index >= 15 is 0 Å². The molecule has 1 amide bonds. The van der Waals surface area contributed by atoms with Gasteiger partial charge in [0.05, 0.1) is 0 Å². The van der Waals surface area contributed by atoms with Crippen LogP contribution in [-0.4, -0.2) is 30.0 Å². The fourth-order valence-corrected chi connectivity index (χ4v) is 3.78. The second-order valence-corrected chi connectivity index (χ2v) is 7.15. The monoisotopic (exact) mass is 358 g/mol. The smallest absolute Gasteiger partial charge is 0.358 e. The van der Waals surface area contributed by atoms with Gasteiger partial charge < -0.3 is 10.1 Å². The zero-order valence-corrected chi connectivity index (χ0v) is 14.9. The van der Waals surface area contributed by atoms with Crippen LogP contribution in [0.3, 0.4) is 0 Å². The fourth-order valence-electron chi connectivity index (χ4n) is 2.99. The number of thiazole rings is 1. The van der Waals surface area contributed by atoms with E-state index in [4.69, 9.17) is 4.74 Å². The number of nitrogens with one attached hydrogen (secondary N) is 1. The Balaban J connectivity index is 1.44. The molecule has 1 aromatic heterocycles. The van der Waals surface area contributed by atoms with Crippen LogP contribution in [0.25, 0.3) is 10.6 Å². The van der Waals surface area contributed by atoms with E-state index in [0.29, 0.717) is 12.5 Å². The summed E-state index contributed by atoms with van der Waals surface area (Å²) in [7, 11) is 0. The first-order valence-corrected chi connectivity index (χ1v) is 9.55. The number of carbonyl (C=O) groups excluding carboxylic acids is 2. The first kappa shape index (κ1) is 17.6. The highest BCUT2D eigenvalue weighted by Gasteiger charge is 2.17. The SMILES string of the molecule is O=C(COC(=O)c1csc(-c2ccccc2)n1)NCC1CCCCC1. The van der Waals surface area contributed by atoms with Gasteiger partial charge in [0, 0.05) is 17.5 Å². The van der Waals surface area contributed by atoms with Gasteiger partial charge in [-0.2, -0.15) is 0 Å². The maximum absolute atomic E-state index is 12.0. The molecule has 132 valence electrons. The molecule has 1 N–H and O–H groups in total. The van der Waals surface area contributed by atoms with Gasteiger partial charge in [0.15, 0.2) is 12.3 Å². The summed E-state index contributed by atoms with van der Waals surface area (Å²) >= 11 is 1.38. The van der Waals surface area contributed by atoms with E-state index in [1.165, 1.54) is 43.4 Å². The number of nitrogens with zero attached hydrogens (tertiary/aromatic N) is 1. The molecule has 1 heterocycles. The predicted molar refractivity (Wildman–Crippen MR) is 97.4 cm³/mol. The Labute approximate surface area is 151 Å². The zero-order valence-electron chi connectivity index (χ0n) is 14.1. The minimum Gasteiger partial charge on any atom is -0.451 e. The molecule has 0 atom stereocenters. The third kappa shape index (κ3) is 5.13. The van der Waals surface area contributed by atoms with Crippen LogP contribution in [0.5, 0.6) is 0 Å². The lowest BCUT2D eigenvalue weighted by Gasteiger charge is -2.21. The summed E-state index contributed by atoms with van der Waals surface area (Å²) in [6, 6.07) is 9.65. The van der Waals surface area contributed by atoms with Crippen LogP contribution in [0.15, 0.2) is 35.7 Å². The average molecular weight is 358 g/mol. The molecular formula is C19H22N2O3S. The molecule has 0 aliphatic heterocycles. The Hall–Kier alpha value is -2.21. The number of hydrogen-bond acceptors (Lipinski definition) is 5. The molecule has 2 aromatic rings. The van der Waals surface area contributed by atoms with Gasteiger partial charge in [0.1, 0.15) is 5.01 Å². The minimum atomic E-state index is -0.564. The Morgan fingerprint density at radius 1 is 1.16 bits per heavy atom. The molecule has 1 aromatic carbocycles. The summed E-state index contributed by atoms with van der Waals surface area (Å²) < 4.78 is 5.07. The van der Waals surface area contributed by atoms with Crippen molar-refractivity contribution in [3.8, 4) is 10.6 Å². The van der Waals surface area contributed by atoms with Gasteiger partial charge in [-0.15, -0.1) is 11.3 Å². The first-order chi connectivity index (χ1) is 12.2. The summed E-state index contributed by atoms with van der Waals surface area (Å²) in [6.45, 7) is 0.412. The van der Waals surface area contributed by atoms with E-state index in [-0.39, 0.29) is 18.2 Å². The molecule has 0 unspecified atom stereocenters. The Morgan fingerprint density at radius 2 is 1.92 bits per heavy atom. The van der Waals surface area contributed by atoms with Crippen LogP contribution in [0.4, 0.5) is 0 Å². The highest BCUT2D eigenvalue weighted by atomic mass is 32.1.